The lowest BCUT2D eigenvalue weighted by Crippen LogP contribution is -2.47. The Morgan fingerprint density at radius 1 is 1.41 bits per heavy atom. The summed E-state index contributed by atoms with van der Waals surface area (Å²) < 4.78 is 12.6. The summed E-state index contributed by atoms with van der Waals surface area (Å²) in [5.41, 5.74) is 1.67. The van der Waals surface area contributed by atoms with Crippen molar-refractivity contribution >= 4 is 16.9 Å². The van der Waals surface area contributed by atoms with Gasteiger partial charge in [0.2, 0.25) is 0 Å². The molecule has 0 unspecified atom stereocenters. The molecule has 1 saturated heterocycles. The van der Waals surface area contributed by atoms with Gasteiger partial charge in [0.25, 0.3) is 5.56 Å². The van der Waals surface area contributed by atoms with E-state index in [1.807, 2.05) is 36.1 Å². The zero-order valence-corrected chi connectivity index (χ0v) is 13.0. The van der Waals surface area contributed by atoms with Crippen LogP contribution in [0.2, 0.25) is 0 Å². The van der Waals surface area contributed by atoms with E-state index < -0.39 is 0 Å². The highest BCUT2D eigenvalue weighted by Crippen LogP contribution is 2.17. The van der Waals surface area contributed by atoms with Gasteiger partial charge in [-0.1, -0.05) is 12.1 Å². The third kappa shape index (κ3) is 2.71. The van der Waals surface area contributed by atoms with Crippen LogP contribution in [0, 0.1) is 0 Å². The van der Waals surface area contributed by atoms with E-state index >= 15 is 0 Å². The van der Waals surface area contributed by atoms with Gasteiger partial charge in [0.1, 0.15) is 0 Å². The first-order chi connectivity index (χ1) is 10.7. The smallest absolute Gasteiger partial charge is 0.293 e. The van der Waals surface area contributed by atoms with Crippen molar-refractivity contribution in [1.29, 1.82) is 0 Å². The molecule has 22 heavy (non-hydrogen) atoms. The van der Waals surface area contributed by atoms with Gasteiger partial charge in [-0.2, -0.15) is 0 Å². The SMILES string of the molecule is CCn1c(=O)c(N2CCO[C@@H](COC)C2)nc2ccccc21. The molecule has 1 aromatic carbocycles. The molecule has 1 aliphatic rings. The number of hydrogen-bond donors (Lipinski definition) is 0. The number of para-hydroxylation sites is 2. The minimum absolute atomic E-state index is 0.0264. The van der Waals surface area contributed by atoms with Crippen LogP contribution in [-0.2, 0) is 16.0 Å². The molecule has 2 heterocycles. The van der Waals surface area contributed by atoms with Crippen molar-refractivity contribution in [2.45, 2.75) is 19.6 Å². The minimum atomic E-state index is -0.0423. The van der Waals surface area contributed by atoms with Gasteiger partial charge in [-0.25, -0.2) is 4.98 Å². The van der Waals surface area contributed by atoms with E-state index in [4.69, 9.17) is 9.47 Å². The van der Waals surface area contributed by atoms with Gasteiger partial charge in [0.05, 0.1) is 30.4 Å². The van der Waals surface area contributed by atoms with Crippen LogP contribution < -0.4 is 10.5 Å². The molecule has 1 atom stereocenters. The Bertz CT molecular complexity index is 711. The van der Waals surface area contributed by atoms with Gasteiger partial charge in [0.15, 0.2) is 5.82 Å². The highest BCUT2D eigenvalue weighted by atomic mass is 16.5. The van der Waals surface area contributed by atoms with E-state index in [-0.39, 0.29) is 11.7 Å². The average Bonchev–Trinajstić information content (AvgIpc) is 2.55. The molecule has 118 valence electrons. The number of rotatable bonds is 4. The summed E-state index contributed by atoms with van der Waals surface area (Å²) in [7, 11) is 1.65. The maximum absolute atomic E-state index is 12.8. The number of methoxy groups -OCH3 is 1. The van der Waals surface area contributed by atoms with Gasteiger partial charge >= 0.3 is 0 Å². The molecule has 2 aromatic rings. The van der Waals surface area contributed by atoms with Crippen LogP contribution in [0.5, 0.6) is 0 Å². The van der Waals surface area contributed by atoms with E-state index in [1.54, 1.807) is 11.7 Å². The van der Waals surface area contributed by atoms with Crippen LogP contribution >= 0.6 is 0 Å². The zero-order chi connectivity index (χ0) is 15.5. The summed E-state index contributed by atoms with van der Waals surface area (Å²) in [4.78, 5) is 19.4. The van der Waals surface area contributed by atoms with Crippen LogP contribution in [-0.4, -0.2) is 49.1 Å². The van der Waals surface area contributed by atoms with Crippen LogP contribution in [0.15, 0.2) is 29.1 Å². The number of ether oxygens (including phenoxy) is 2. The Morgan fingerprint density at radius 2 is 2.23 bits per heavy atom. The molecule has 1 aromatic heterocycles. The molecule has 0 amide bonds. The third-order valence-electron chi connectivity index (χ3n) is 3.94. The molecular formula is C16H21N3O3. The first-order valence-corrected chi connectivity index (χ1v) is 7.59. The predicted octanol–water partition coefficient (Wildman–Crippen LogP) is 1.27. The molecule has 0 aliphatic carbocycles. The number of morpholine rings is 1. The molecule has 0 bridgehead atoms. The summed E-state index contributed by atoms with van der Waals surface area (Å²) >= 11 is 0. The molecule has 0 saturated carbocycles. The van der Waals surface area contributed by atoms with Crippen LogP contribution in [0.3, 0.4) is 0 Å². The van der Waals surface area contributed by atoms with E-state index in [2.05, 4.69) is 4.98 Å². The lowest BCUT2D eigenvalue weighted by Gasteiger charge is -2.33. The standard InChI is InChI=1S/C16H21N3O3/c1-3-19-14-7-5-4-6-13(14)17-15(16(19)20)18-8-9-22-12(10-18)11-21-2/h4-7,12H,3,8-11H2,1-2H3/t12-/m1/s1. The second-order valence-corrected chi connectivity index (χ2v) is 5.37. The van der Waals surface area contributed by atoms with Gasteiger partial charge in [-0.05, 0) is 19.1 Å². The summed E-state index contributed by atoms with van der Waals surface area (Å²) in [5.74, 6) is 0.505. The first-order valence-electron chi connectivity index (χ1n) is 7.59. The van der Waals surface area contributed by atoms with E-state index in [9.17, 15) is 4.79 Å². The molecule has 0 radical (unpaired) electrons. The van der Waals surface area contributed by atoms with Crippen LogP contribution in [0.1, 0.15) is 6.92 Å². The topological polar surface area (TPSA) is 56.6 Å². The number of nitrogens with zero attached hydrogens (tertiary/aromatic N) is 3. The summed E-state index contributed by atoms with van der Waals surface area (Å²) in [6, 6.07) is 7.75. The molecule has 6 heteroatoms. The molecule has 3 rings (SSSR count). The van der Waals surface area contributed by atoms with Gasteiger partial charge in [0, 0.05) is 26.7 Å². The molecule has 0 N–H and O–H groups in total. The maximum Gasteiger partial charge on any atom is 0.293 e. The number of aryl methyl sites for hydroxylation is 1. The second kappa shape index (κ2) is 6.46. The number of anilines is 1. The number of hydrogen-bond acceptors (Lipinski definition) is 5. The summed E-state index contributed by atoms with van der Waals surface area (Å²) in [5, 5.41) is 0. The fourth-order valence-corrected chi connectivity index (χ4v) is 2.90. The largest absolute Gasteiger partial charge is 0.382 e. The van der Waals surface area contributed by atoms with Gasteiger partial charge in [-0.3, -0.25) is 4.79 Å². The quantitative estimate of drug-likeness (QED) is 0.851. The Balaban J connectivity index is 2.03. The molecular weight excluding hydrogens is 282 g/mol. The molecule has 6 nitrogen and oxygen atoms in total. The fraction of sp³-hybridized carbons (Fsp3) is 0.500. The number of fused-ring (bicyclic) bond motifs is 1. The molecule has 0 spiro atoms. The van der Waals surface area contributed by atoms with Gasteiger partial charge < -0.3 is 18.9 Å². The van der Waals surface area contributed by atoms with E-state index in [0.29, 0.717) is 38.7 Å². The van der Waals surface area contributed by atoms with Crippen molar-refractivity contribution in [3.05, 3.63) is 34.6 Å². The lowest BCUT2D eigenvalue weighted by molar-refractivity contribution is -0.0103. The third-order valence-corrected chi connectivity index (χ3v) is 3.94. The van der Waals surface area contributed by atoms with Crippen molar-refractivity contribution in [2.75, 3.05) is 38.3 Å². The van der Waals surface area contributed by atoms with Crippen molar-refractivity contribution in [1.82, 2.24) is 9.55 Å². The summed E-state index contributed by atoms with van der Waals surface area (Å²) in [6.07, 6.45) is -0.0264. The van der Waals surface area contributed by atoms with E-state index in [0.717, 1.165) is 11.0 Å². The highest BCUT2D eigenvalue weighted by molar-refractivity contribution is 5.76. The number of benzene rings is 1. The van der Waals surface area contributed by atoms with Crippen molar-refractivity contribution in [2.24, 2.45) is 0 Å². The first kappa shape index (κ1) is 15.0. The van der Waals surface area contributed by atoms with Crippen LogP contribution in [0.25, 0.3) is 11.0 Å². The Hall–Kier alpha value is -1.92. The van der Waals surface area contributed by atoms with Crippen molar-refractivity contribution in [3.8, 4) is 0 Å². The normalized spacial score (nSPS) is 18.8. The van der Waals surface area contributed by atoms with E-state index in [1.165, 1.54) is 0 Å². The number of aromatic nitrogens is 2. The average molecular weight is 303 g/mol. The Labute approximate surface area is 129 Å². The van der Waals surface area contributed by atoms with Gasteiger partial charge in [-0.15, -0.1) is 0 Å². The fourth-order valence-electron chi connectivity index (χ4n) is 2.90. The highest BCUT2D eigenvalue weighted by Gasteiger charge is 2.24. The zero-order valence-electron chi connectivity index (χ0n) is 13.0. The minimum Gasteiger partial charge on any atom is -0.382 e. The lowest BCUT2D eigenvalue weighted by atomic mass is 10.2. The second-order valence-electron chi connectivity index (χ2n) is 5.37. The molecule has 1 aliphatic heterocycles. The summed E-state index contributed by atoms with van der Waals surface area (Å²) in [6.45, 7) is 4.99. The maximum atomic E-state index is 12.8. The van der Waals surface area contributed by atoms with Crippen molar-refractivity contribution in [3.63, 3.8) is 0 Å². The Kier molecular flexibility index (Phi) is 4.40. The predicted molar refractivity (Wildman–Crippen MR) is 85.5 cm³/mol. The van der Waals surface area contributed by atoms with Crippen LogP contribution in [0.4, 0.5) is 5.82 Å². The van der Waals surface area contributed by atoms with Crippen molar-refractivity contribution < 1.29 is 9.47 Å². The molecule has 1 fully saturated rings. The Morgan fingerprint density at radius 3 is 3.00 bits per heavy atom. The monoisotopic (exact) mass is 303 g/mol.